The van der Waals surface area contributed by atoms with Gasteiger partial charge in [0.25, 0.3) is 0 Å². The maximum absolute atomic E-state index is 13.8. The Kier molecular flexibility index (Phi) is 2.16. The molecule has 0 amide bonds. The summed E-state index contributed by atoms with van der Waals surface area (Å²) in [5, 5.41) is 0.957. The monoisotopic (exact) mass is 248 g/mol. The number of ether oxygens (including phenoxy) is 1. The van der Waals surface area contributed by atoms with Gasteiger partial charge in [0.2, 0.25) is 0 Å². The number of nitrogen functional groups attached to an aromatic ring is 1. The largest absolute Gasteiger partial charge is 0.492 e. The van der Waals surface area contributed by atoms with Gasteiger partial charge in [0.15, 0.2) is 5.75 Å². The Morgan fingerprint density at radius 2 is 2.00 bits per heavy atom. The molecular formula is C13H10F2N2O. The molecular weight excluding hydrogens is 238 g/mol. The van der Waals surface area contributed by atoms with Gasteiger partial charge in [0.05, 0.1) is 23.8 Å². The predicted molar refractivity (Wildman–Crippen MR) is 66.7 cm³/mol. The highest BCUT2D eigenvalue weighted by atomic mass is 19.1. The van der Waals surface area contributed by atoms with Crippen LogP contribution in [0.15, 0.2) is 24.3 Å². The number of halogens is 2. The predicted octanol–water partition coefficient (Wildman–Crippen LogP) is 3.19. The maximum Gasteiger partial charge on any atom is 0.165 e. The molecule has 1 aromatic heterocycles. The van der Waals surface area contributed by atoms with Gasteiger partial charge in [-0.2, -0.15) is 0 Å². The second-order valence-corrected chi connectivity index (χ2v) is 4.05. The quantitative estimate of drug-likeness (QED) is 0.650. The number of rotatable bonds is 1. The van der Waals surface area contributed by atoms with Crippen molar-refractivity contribution in [3.63, 3.8) is 0 Å². The van der Waals surface area contributed by atoms with E-state index >= 15 is 0 Å². The van der Waals surface area contributed by atoms with Crippen molar-refractivity contribution in [3.8, 4) is 5.75 Å². The molecule has 18 heavy (non-hydrogen) atoms. The van der Waals surface area contributed by atoms with E-state index in [2.05, 4.69) is 4.98 Å². The summed E-state index contributed by atoms with van der Waals surface area (Å²) < 4.78 is 32.2. The summed E-state index contributed by atoms with van der Waals surface area (Å²) in [6, 6.07) is 5.43. The van der Waals surface area contributed by atoms with E-state index in [0.29, 0.717) is 33.2 Å². The van der Waals surface area contributed by atoms with E-state index in [0.717, 1.165) is 6.07 Å². The molecule has 3 aromatic rings. The lowest BCUT2D eigenvalue weighted by Crippen LogP contribution is -1.92. The second kappa shape index (κ2) is 3.60. The standard InChI is InChI=1S/C13H10F2N2O/c1-18-13-9(16)3-2-7-11-8(15)4-6(14)5-10(11)17-12(7)13/h2-5,17H,16H2,1H3. The topological polar surface area (TPSA) is 51.0 Å². The van der Waals surface area contributed by atoms with Crippen LogP contribution in [0.4, 0.5) is 14.5 Å². The second-order valence-electron chi connectivity index (χ2n) is 4.05. The number of hydrogen-bond donors (Lipinski definition) is 2. The van der Waals surface area contributed by atoms with Crippen LogP contribution < -0.4 is 10.5 Å². The van der Waals surface area contributed by atoms with Gasteiger partial charge < -0.3 is 15.5 Å². The molecule has 3 rings (SSSR count). The van der Waals surface area contributed by atoms with E-state index in [1.807, 2.05) is 0 Å². The van der Waals surface area contributed by atoms with E-state index < -0.39 is 11.6 Å². The van der Waals surface area contributed by atoms with Gasteiger partial charge in [0, 0.05) is 16.8 Å². The van der Waals surface area contributed by atoms with Crippen LogP contribution >= 0.6 is 0 Å². The maximum atomic E-state index is 13.8. The average Bonchev–Trinajstić information content (AvgIpc) is 2.66. The molecule has 1 heterocycles. The van der Waals surface area contributed by atoms with Crippen LogP contribution in [-0.4, -0.2) is 12.1 Å². The highest BCUT2D eigenvalue weighted by Crippen LogP contribution is 2.36. The van der Waals surface area contributed by atoms with Crippen LogP contribution in [0.3, 0.4) is 0 Å². The highest BCUT2D eigenvalue weighted by molar-refractivity contribution is 6.10. The van der Waals surface area contributed by atoms with E-state index in [1.54, 1.807) is 12.1 Å². The first kappa shape index (κ1) is 10.8. The molecule has 3 N–H and O–H groups in total. The lowest BCUT2D eigenvalue weighted by atomic mass is 10.1. The zero-order chi connectivity index (χ0) is 12.9. The Morgan fingerprint density at radius 3 is 2.72 bits per heavy atom. The zero-order valence-corrected chi connectivity index (χ0v) is 9.55. The smallest absolute Gasteiger partial charge is 0.165 e. The number of H-pyrrole nitrogens is 1. The van der Waals surface area contributed by atoms with Gasteiger partial charge in [-0.1, -0.05) is 0 Å². The fourth-order valence-corrected chi connectivity index (χ4v) is 2.23. The summed E-state index contributed by atoms with van der Waals surface area (Å²) in [5.41, 5.74) is 7.16. The first-order valence-electron chi connectivity index (χ1n) is 5.34. The Balaban J connectivity index is 2.55. The summed E-state index contributed by atoms with van der Waals surface area (Å²) in [5.74, 6) is -0.801. The number of hydrogen-bond acceptors (Lipinski definition) is 2. The summed E-state index contributed by atoms with van der Waals surface area (Å²) in [6.45, 7) is 0. The van der Waals surface area contributed by atoms with Gasteiger partial charge in [-0.05, 0) is 18.2 Å². The number of methoxy groups -OCH3 is 1. The Labute approximate surface area is 101 Å². The summed E-state index contributed by atoms with van der Waals surface area (Å²) in [7, 11) is 1.48. The Hall–Kier alpha value is -2.30. The SMILES string of the molecule is COc1c(N)ccc2c1[nH]c1cc(F)cc(F)c12. The van der Waals surface area contributed by atoms with Crippen molar-refractivity contribution in [1.29, 1.82) is 0 Å². The fourth-order valence-electron chi connectivity index (χ4n) is 2.23. The molecule has 0 bridgehead atoms. The van der Waals surface area contributed by atoms with E-state index in [-0.39, 0.29) is 0 Å². The number of benzene rings is 2. The number of aromatic nitrogens is 1. The molecule has 3 nitrogen and oxygen atoms in total. The van der Waals surface area contributed by atoms with Crippen LogP contribution in [0.5, 0.6) is 5.75 Å². The van der Waals surface area contributed by atoms with E-state index in [9.17, 15) is 8.78 Å². The minimum absolute atomic E-state index is 0.338. The minimum Gasteiger partial charge on any atom is -0.492 e. The molecule has 2 aromatic carbocycles. The molecule has 0 aliphatic rings. The molecule has 5 heteroatoms. The van der Waals surface area contributed by atoms with Crippen LogP contribution in [0, 0.1) is 11.6 Å². The van der Waals surface area contributed by atoms with Gasteiger partial charge in [0.1, 0.15) is 11.6 Å². The average molecular weight is 248 g/mol. The van der Waals surface area contributed by atoms with Crippen LogP contribution in [0.25, 0.3) is 21.8 Å². The number of nitrogens with two attached hydrogens (primary N) is 1. The fraction of sp³-hybridized carbons (Fsp3) is 0.0769. The van der Waals surface area contributed by atoms with Crippen LogP contribution in [0.1, 0.15) is 0 Å². The zero-order valence-electron chi connectivity index (χ0n) is 9.55. The van der Waals surface area contributed by atoms with Crippen molar-refractivity contribution in [2.75, 3.05) is 12.8 Å². The molecule has 92 valence electrons. The molecule has 0 unspecified atom stereocenters. The highest BCUT2D eigenvalue weighted by Gasteiger charge is 2.15. The van der Waals surface area contributed by atoms with Crippen molar-refractivity contribution in [2.24, 2.45) is 0 Å². The lowest BCUT2D eigenvalue weighted by Gasteiger charge is -2.04. The van der Waals surface area contributed by atoms with Gasteiger partial charge in [-0.3, -0.25) is 0 Å². The molecule has 0 atom stereocenters. The third-order valence-electron chi connectivity index (χ3n) is 2.98. The summed E-state index contributed by atoms with van der Waals surface area (Å²) in [4.78, 5) is 2.94. The molecule has 0 aliphatic heterocycles. The van der Waals surface area contributed by atoms with Crippen molar-refractivity contribution < 1.29 is 13.5 Å². The van der Waals surface area contributed by atoms with Crippen molar-refractivity contribution >= 4 is 27.5 Å². The molecule has 0 saturated carbocycles. The first-order valence-corrected chi connectivity index (χ1v) is 5.34. The normalized spacial score (nSPS) is 11.3. The number of aromatic amines is 1. The van der Waals surface area contributed by atoms with E-state index in [4.69, 9.17) is 10.5 Å². The molecule has 0 saturated heterocycles. The van der Waals surface area contributed by atoms with Gasteiger partial charge in [-0.25, -0.2) is 8.78 Å². The third kappa shape index (κ3) is 1.33. The molecule has 0 spiro atoms. The molecule has 0 radical (unpaired) electrons. The Morgan fingerprint density at radius 1 is 1.22 bits per heavy atom. The van der Waals surface area contributed by atoms with E-state index in [1.165, 1.54) is 13.2 Å². The molecule has 0 aliphatic carbocycles. The molecule has 0 fully saturated rings. The van der Waals surface area contributed by atoms with Crippen molar-refractivity contribution in [2.45, 2.75) is 0 Å². The van der Waals surface area contributed by atoms with Crippen LogP contribution in [-0.2, 0) is 0 Å². The van der Waals surface area contributed by atoms with Gasteiger partial charge in [-0.15, -0.1) is 0 Å². The Bertz CT molecular complexity index is 765. The first-order chi connectivity index (χ1) is 8.61. The number of nitrogens with one attached hydrogen (secondary N) is 1. The summed E-state index contributed by atoms with van der Waals surface area (Å²) in [6.07, 6.45) is 0. The number of anilines is 1. The number of fused-ring (bicyclic) bond motifs is 3. The third-order valence-corrected chi connectivity index (χ3v) is 2.98. The van der Waals surface area contributed by atoms with Crippen molar-refractivity contribution in [3.05, 3.63) is 35.9 Å². The summed E-state index contributed by atoms with van der Waals surface area (Å²) >= 11 is 0. The minimum atomic E-state index is -0.626. The lowest BCUT2D eigenvalue weighted by molar-refractivity contribution is 0.421. The van der Waals surface area contributed by atoms with Gasteiger partial charge >= 0.3 is 0 Å². The van der Waals surface area contributed by atoms with Crippen LogP contribution in [0.2, 0.25) is 0 Å². The van der Waals surface area contributed by atoms with Crippen molar-refractivity contribution in [1.82, 2.24) is 4.98 Å².